The predicted octanol–water partition coefficient (Wildman–Crippen LogP) is 1.80. The summed E-state index contributed by atoms with van der Waals surface area (Å²) in [5, 5.41) is 6.22. The van der Waals surface area contributed by atoms with Crippen molar-refractivity contribution in [3.05, 3.63) is 54.1 Å². The second kappa shape index (κ2) is 9.49. The highest BCUT2D eigenvalue weighted by atomic mass is 16.5. The summed E-state index contributed by atoms with van der Waals surface area (Å²) >= 11 is 0. The molecule has 2 aromatic rings. The van der Waals surface area contributed by atoms with E-state index in [2.05, 4.69) is 21.8 Å². The fourth-order valence-corrected chi connectivity index (χ4v) is 1.94. The van der Waals surface area contributed by atoms with E-state index in [1.165, 1.54) is 13.3 Å². The first-order valence-electron chi connectivity index (χ1n) is 7.57. The number of ether oxygens (including phenoxy) is 2. The molecule has 0 aliphatic heterocycles. The Morgan fingerprint density at radius 1 is 1.19 bits per heavy atom. The standard InChI is InChI=1S/C19H17N3O4/c1-3-11-26-17-10-5-4-7-14(17)13-20-22-19(24)18(23)21-15-8-6-9-16(12-15)25-2/h1,4-10,12-13H,11H2,2H3,(H,21,23)(H,22,24)/b20-13+. The van der Waals surface area contributed by atoms with Crippen molar-refractivity contribution in [2.75, 3.05) is 19.0 Å². The monoisotopic (exact) mass is 351 g/mol. The summed E-state index contributed by atoms with van der Waals surface area (Å²) in [4.78, 5) is 23.7. The number of carbonyl (C=O) groups excluding carboxylic acids is 2. The molecule has 0 aliphatic carbocycles. The smallest absolute Gasteiger partial charge is 0.329 e. The average molecular weight is 351 g/mol. The van der Waals surface area contributed by atoms with Crippen LogP contribution in [0.15, 0.2) is 53.6 Å². The molecule has 0 fully saturated rings. The van der Waals surface area contributed by atoms with E-state index in [0.29, 0.717) is 22.7 Å². The fraction of sp³-hybridized carbons (Fsp3) is 0.105. The molecule has 0 radical (unpaired) electrons. The Kier molecular flexibility index (Phi) is 6.77. The number of para-hydroxylation sites is 1. The SMILES string of the molecule is C#CCOc1ccccc1/C=N/NC(=O)C(=O)Nc1cccc(OC)c1. The topological polar surface area (TPSA) is 89.0 Å². The Morgan fingerprint density at radius 3 is 2.77 bits per heavy atom. The van der Waals surface area contributed by atoms with Gasteiger partial charge in [0.25, 0.3) is 0 Å². The number of benzene rings is 2. The molecular weight excluding hydrogens is 334 g/mol. The molecular formula is C19H17N3O4. The van der Waals surface area contributed by atoms with Gasteiger partial charge in [-0.25, -0.2) is 5.43 Å². The van der Waals surface area contributed by atoms with E-state index in [-0.39, 0.29) is 6.61 Å². The molecule has 7 nitrogen and oxygen atoms in total. The molecule has 132 valence electrons. The zero-order valence-electron chi connectivity index (χ0n) is 14.1. The van der Waals surface area contributed by atoms with Crippen molar-refractivity contribution >= 4 is 23.7 Å². The van der Waals surface area contributed by atoms with Gasteiger partial charge >= 0.3 is 11.8 Å². The zero-order chi connectivity index (χ0) is 18.8. The molecule has 2 amide bonds. The first-order valence-corrected chi connectivity index (χ1v) is 7.57. The molecule has 0 aliphatic rings. The van der Waals surface area contributed by atoms with Crippen molar-refractivity contribution in [2.24, 2.45) is 5.10 Å². The highest BCUT2D eigenvalue weighted by Crippen LogP contribution is 2.17. The van der Waals surface area contributed by atoms with Crippen LogP contribution in [-0.4, -0.2) is 31.7 Å². The van der Waals surface area contributed by atoms with Gasteiger partial charge < -0.3 is 14.8 Å². The zero-order valence-corrected chi connectivity index (χ0v) is 14.1. The predicted molar refractivity (Wildman–Crippen MR) is 98.1 cm³/mol. The van der Waals surface area contributed by atoms with Crippen LogP contribution < -0.4 is 20.2 Å². The summed E-state index contributed by atoms with van der Waals surface area (Å²) in [5.41, 5.74) is 3.19. The molecule has 0 aromatic heterocycles. The Morgan fingerprint density at radius 2 is 2.00 bits per heavy atom. The lowest BCUT2D eigenvalue weighted by molar-refractivity contribution is -0.136. The quantitative estimate of drug-likeness (QED) is 0.359. The first kappa shape index (κ1) is 18.5. The molecule has 2 aromatic carbocycles. The second-order valence-electron chi connectivity index (χ2n) is 4.92. The van der Waals surface area contributed by atoms with Gasteiger partial charge in [0.2, 0.25) is 0 Å². The number of hydrogen-bond acceptors (Lipinski definition) is 5. The van der Waals surface area contributed by atoms with Gasteiger partial charge in [0.1, 0.15) is 18.1 Å². The summed E-state index contributed by atoms with van der Waals surface area (Å²) in [6.07, 6.45) is 6.53. The van der Waals surface area contributed by atoms with E-state index in [1.54, 1.807) is 48.5 Å². The lowest BCUT2D eigenvalue weighted by Crippen LogP contribution is -2.32. The molecule has 0 bridgehead atoms. The van der Waals surface area contributed by atoms with Crippen LogP contribution in [0.5, 0.6) is 11.5 Å². The number of hydrogen-bond donors (Lipinski definition) is 2. The van der Waals surface area contributed by atoms with Crippen molar-refractivity contribution in [3.63, 3.8) is 0 Å². The summed E-state index contributed by atoms with van der Waals surface area (Å²) in [7, 11) is 1.51. The summed E-state index contributed by atoms with van der Waals surface area (Å²) < 4.78 is 10.4. The number of anilines is 1. The van der Waals surface area contributed by atoms with E-state index in [4.69, 9.17) is 15.9 Å². The van der Waals surface area contributed by atoms with Crippen LogP contribution in [0.3, 0.4) is 0 Å². The minimum atomic E-state index is -0.911. The summed E-state index contributed by atoms with van der Waals surface area (Å²) in [5.74, 6) is 1.68. The first-order chi connectivity index (χ1) is 12.6. The number of nitrogens with one attached hydrogen (secondary N) is 2. The molecule has 26 heavy (non-hydrogen) atoms. The third-order valence-electron chi connectivity index (χ3n) is 3.13. The van der Waals surface area contributed by atoms with Crippen molar-refractivity contribution in [3.8, 4) is 23.8 Å². The average Bonchev–Trinajstić information content (AvgIpc) is 2.67. The Hall–Kier alpha value is -3.79. The lowest BCUT2D eigenvalue weighted by Gasteiger charge is -2.06. The van der Waals surface area contributed by atoms with Gasteiger partial charge in [0, 0.05) is 17.3 Å². The number of amides is 2. The van der Waals surface area contributed by atoms with Crippen LogP contribution in [0.2, 0.25) is 0 Å². The summed E-state index contributed by atoms with van der Waals surface area (Å²) in [6, 6.07) is 13.7. The molecule has 0 saturated heterocycles. The molecule has 0 unspecified atom stereocenters. The van der Waals surface area contributed by atoms with Crippen LogP contribution in [0.25, 0.3) is 0 Å². The fourth-order valence-electron chi connectivity index (χ4n) is 1.94. The van der Waals surface area contributed by atoms with Crippen LogP contribution in [0.4, 0.5) is 5.69 Å². The number of methoxy groups -OCH3 is 1. The van der Waals surface area contributed by atoms with Crippen molar-refractivity contribution in [1.29, 1.82) is 0 Å². The number of terminal acetylenes is 1. The minimum absolute atomic E-state index is 0.111. The maximum absolute atomic E-state index is 11.9. The van der Waals surface area contributed by atoms with Crippen molar-refractivity contribution in [2.45, 2.75) is 0 Å². The van der Waals surface area contributed by atoms with Crippen LogP contribution in [0, 0.1) is 12.3 Å². The Bertz CT molecular complexity index is 856. The third-order valence-corrected chi connectivity index (χ3v) is 3.13. The van der Waals surface area contributed by atoms with Gasteiger partial charge in [0.05, 0.1) is 13.3 Å². The number of rotatable bonds is 6. The maximum Gasteiger partial charge on any atom is 0.329 e. The van der Waals surface area contributed by atoms with Gasteiger partial charge in [-0.2, -0.15) is 5.10 Å². The van der Waals surface area contributed by atoms with Crippen LogP contribution in [-0.2, 0) is 9.59 Å². The van der Waals surface area contributed by atoms with Gasteiger partial charge in [-0.05, 0) is 24.3 Å². The number of nitrogens with zero attached hydrogens (tertiary/aromatic N) is 1. The van der Waals surface area contributed by atoms with Gasteiger partial charge in [-0.15, -0.1) is 6.42 Å². The lowest BCUT2D eigenvalue weighted by atomic mass is 10.2. The largest absolute Gasteiger partial charge is 0.497 e. The van der Waals surface area contributed by atoms with Crippen molar-refractivity contribution < 1.29 is 19.1 Å². The van der Waals surface area contributed by atoms with Crippen LogP contribution in [0.1, 0.15) is 5.56 Å². The van der Waals surface area contributed by atoms with E-state index in [1.807, 2.05) is 0 Å². The molecule has 0 saturated carbocycles. The van der Waals surface area contributed by atoms with E-state index in [9.17, 15) is 9.59 Å². The highest BCUT2D eigenvalue weighted by Gasteiger charge is 2.13. The number of hydrazone groups is 1. The van der Waals surface area contributed by atoms with Crippen LogP contribution >= 0.6 is 0 Å². The van der Waals surface area contributed by atoms with Gasteiger partial charge in [-0.1, -0.05) is 24.1 Å². The van der Waals surface area contributed by atoms with Crippen molar-refractivity contribution in [1.82, 2.24) is 5.43 Å². The van der Waals surface area contributed by atoms with Gasteiger partial charge in [0.15, 0.2) is 0 Å². The minimum Gasteiger partial charge on any atom is -0.497 e. The van der Waals surface area contributed by atoms with Gasteiger partial charge in [-0.3, -0.25) is 9.59 Å². The van der Waals surface area contributed by atoms with E-state index in [0.717, 1.165) is 0 Å². The van der Waals surface area contributed by atoms with E-state index < -0.39 is 11.8 Å². The maximum atomic E-state index is 11.9. The molecule has 0 atom stereocenters. The molecule has 2 N–H and O–H groups in total. The molecule has 0 heterocycles. The summed E-state index contributed by atoms with van der Waals surface area (Å²) in [6.45, 7) is 0.111. The molecule has 7 heteroatoms. The van der Waals surface area contributed by atoms with E-state index >= 15 is 0 Å². The Balaban J connectivity index is 1.94. The second-order valence-corrected chi connectivity index (χ2v) is 4.92. The number of carbonyl (C=O) groups is 2. The third kappa shape index (κ3) is 5.39. The molecule has 2 rings (SSSR count). The highest BCUT2D eigenvalue weighted by molar-refractivity contribution is 6.39. The normalized spacial score (nSPS) is 10.0. The Labute approximate surface area is 151 Å². The molecule has 0 spiro atoms.